The summed E-state index contributed by atoms with van der Waals surface area (Å²) < 4.78 is 51.4. The number of rotatable bonds is 12. The predicted molar refractivity (Wildman–Crippen MR) is 146 cm³/mol. The summed E-state index contributed by atoms with van der Waals surface area (Å²) >= 11 is 0. The van der Waals surface area contributed by atoms with E-state index in [9.17, 15) is 44.1 Å². The number of pyridine rings is 1. The molecule has 1 amide bonds. The van der Waals surface area contributed by atoms with Crippen molar-refractivity contribution in [3.8, 4) is 0 Å². The Balaban J connectivity index is 1.20. The number of phosphoric acid groups is 2. The Morgan fingerprint density at radius 3 is 2.51 bits per heavy atom. The summed E-state index contributed by atoms with van der Waals surface area (Å²) in [6.45, 7) is -2.02. The van der Waals surface area contributed by atoms with E-state index in [-0.39, 0.29) is 28.5 Å². The number of ether oxygens (including phenoxy) is 2. The molecule has 0 saturated carbocycles. The molecule has 0 aromatic carbocycles. The first-order valence-electron chi connectivity index (χ1n) is 13.1. The second kappa shape index (κ2) is 13.4. The highest BCUT2D eigenvalue weighted by Crippen LogP contribution is 2.58. The lowest BCUT2D eigenvalue weighted by molar-refractivity contribution is -0.765. The lowest BCUT2D eigenvalue weighted by Crippen LogP contribution is -2.46. The number of hydrogen-bond donors (Lipinski definition) is 7. The van der Waals surface area contributed by atoms with Crippen molar-refractivity contribution in [2.75, 3.05) is 18.9 Å². The molecule has 10 atom stereocenters. The van der Waals surface area contributed by atoms with Gasteiger partial charge in [0.1, 0.15) is 42.4 Å². The van der Waals surface area contributed by atoms with Crippen LogP contribution in [0.3, 0.4) is 0 Å². The third kappa shape index (κ3) is 7.26. The molecule has 0 bridgehead atoms. The molecule has 254 valence electrons. The number of nitrogens with two attached hydrogens (primary N) is 2. The van der Waals surface area contributed by atoms with E-state index in [4.69, 9.17) is 26.5 Å². The van der Waals surface area contributed by atoms with Gasteiger partial charge in [-0.15, -0.1) is 0 Å². The Hall–Kier alpha value is -3.70. The molecule has 3 aromatic rings. The molecule has 2 fully saturated rings. The van der Waals surface area contributed by atoms with Gasteiger partial charge in [0.2, 0.25) is 5.95 Å². The summed E-state index contributed by atoms with van der Waals surface area (Å²) in [4.78, 5) is 48.2. The first-order chi connectivity index (χ1) is 22.1. The third-order valence-electron chi connectivity index (χ3n) is 6.95. The number of fused-ring (bicyclic) bond motifs is 1. The fourth-order valence-corrected chi connectivity index (χ4v) is 6.81. The molecule has 9 N–H and O–H groups in total. The monoisotopic (exact) mass is 704 g/mol. The number of imidazole rings is 1. The van der Waals surface area contributed by atoms with Gasteiger partial charge in [0.05, 0.1) is 13.2 Å². The topological polar surface area (TPSA) is 370 Å². The van der Waals surface area contributed by atoms with E-state index >= 15 is 0 Å². The van der Waals surface area contributed by atoms with Crippen molar-refractivity contribution in [2.24, 2.45) is 10.8 Å². The van der Waals surface area contributed by atoms with Crippen molar-refractivity contribution in [2.45, 2.75) is 49.1 Å². The molecule has 26 heteroatoms. The summed E-state index contributed by atoms with van der Waals surface area (Å²) in [7, 11) is -11.2. The van der Waals surface area contributed by atoms with Crippen LogP contribution in [0.5, 0.6) is 0 Å². The van der Waals surface area contributed by atoms with Crippen LogP contribution in [0.25, 0.3) is 21.6 Å². The van der Waals surface area contributed by atoms with E-state index in [0.29, 0.717) is 0 Å². The van der Waals surface area contributed by atoms with Gasteiger partial charge < -0.3 is 55.7 Å². The average molecular weight is 704 g/mol. The number of amides is 1. The standard InChI is InChI=1S/C21H26N10O14P2/c22-16-11-18(26-7-25-16)31(21(27-11)28-29-24)20-15(35)13(33)10(44-20)6-42-47(39,40)45-46(37,38)41-5-9-12(32)14(34)19(43-9)30-3-1-2-8(4-30)17(23)36/h1-4,7,9-10,12-15,19-20,32-35H,5-6H2,(H5-,22,23,25,26,36,37,38,39,40)/t9-,10-,12-,13-,14-,15-,19-,20-/m1/s1. The van der Waals surface area contributed by atoms with Gasteiger partial charge in [0.25, 0.3) is 20.0 Å². The van der Waals surface area contributed by atoms with Crippen molar-refractivity contribution >= 4 is 44.5 Å². The van der Waals surface area contributed by atoms with E-state index < -0.39 is 83.8 Å². The number of nitrogen functional groups attached to an aromatic ring is 1. The zero-order valence-electron chi connectivity index (χ0n) is 23.5. The van der Waals surface area contributed by atoms with Crippen LogP contribution >= 0.6 is 15.6 Å². The molecular weight excluding hydrogens is 678 g/mol. The molecule has 2 unspecified atom stereocenters. The van der Waals surface area contributed by atoms with Crippen LogP contribution in [-0.2, 0) is 32.0 Å². The van der Waals surface area contributed by atoms with E-state index in [1.165, 1.54) is 29.1 Å². The van der Waals surface area contributed by atoms with E-state index in [0.717, 1.165) is 10.9 Å². The van der Waals surface area contributed by atoms with E-state index in [2.05, 4.69) is 38.3 Å². The molecule has 3 aromatic heterocycles. The van der Waals surface area contributed by atoms with Crippen LogP contribution < -0.4 is 20.9 Å². The Bertz CT molecular complexity index is 1810. The van der Waals surface area contributed by atoms with Gasteiger partial charge in [-0.3, -0.25) is 18.5 Å². The zero-order valence-corrected chi connectivity index (χ0v) is 25.2. The third-order valence-corrected chi connectivity index (χ3v) is 9.52. The Morgan fingerprint density at radius 2 is 1.81 bits per heavy atom. The molecule has 0 spiro atoms. The molecule has 0 aliphatic carbocycles. The maximum absolute atomic E-state index is 12.5. The highest BCUT2D eigenvalue weighted by molar-refractivity contribution is 7.60. The van der Waals surface area contributed by atoms with Gasteiger partial charge in [-0.1, -0.05) is 0 Å². The molecule has 5 heterocycles. The number of azide groups is 1. The van der Waals surface area contributed by atoms with Crippen LogP contribution in [0, 0.1) is 0 Å². The van der Waals surface area contributed by atoms with Crippen LogP contribution in [0.15, 0.2) is 36.0 Å². The number of phosphoric ester groups is 2. The van der Waals surface area contributed by atoms with Crippen LogP contribution in [-0.4, -0.2) is 101 Å². The normalized spacial score (nSPS) is 30.1. The second-order valence-corrected chi connectivity index (χ2v) is 13.0. The molecule has 2 aliphatic heterocycles. The van der Waals surface area contributed by atoms with Crippen molar-refractivity contribution < 1.29 is 71.5 Å². The van der Waals surface area contributed by atoms with Crippen molar-refractivity contribution in [1.82, 2.24) is 19.5 Å². The number of anilines is 1. The minimum absolute atomic E-state index is 0.0315. The first-order valence-corrected chi connectivity index (χ1v) is 16.1. The van der Waals surface area contributed by atoms with Gasteiger partial charge in [-0.05, 0) is 16.7 Å². The van der Waals surface area contributed by atoms with Crippen LogP contribution in [0.2, 0.25) is 0 Å². The molecule has 2 saturated heterocycles. The van der Waals surface area contributed by atoms with Gasteiger partial charge in [0, 0.05) is 11.0 Å². The number of nitrogens with zero attached hydrogens (tertiary/aromatic N) is 8. The van der Waals surface area contributed by atoms with Crippen molar-refractivity contribution in [1.29, 1.82) is 0 Å². The number of aliphatic hydroxyl groups excluding tert-OH is 4. The maximum Gasteiger partial charge on any atom is 0.478 e. The molecule has 2 aliphatic rings. The van der Waals surface area contributed by atoms with Crippen LogP contribution in [0.1, 0.15) is 22.8 Å². The summed E-state index contributed by atoms with van der Waals surface area (Å²) in [6, 6.07) is 2.79. The lowest BCUT2D eigenvalue weighted by Gasteiger charge is -2.26. The number of carbonyl (C=O) groups is 1. The number of carbonyl (C=O) groups excluding carboxylic acids is 1. The summed E-state index contributed by atoms with van der Waals surface area (Å²) in [5.74, 6) is -1.29. The summed E-state index contributed by atoms with van der Waals surface area (Å²) in [5, 5.41) is 45.3. The summed E-state index contributed by atoms with van der Waals surface area (Å²) in [6.07, 6.45) is -9.24. The first kappa shape index (κ1) is 34.6. The Morgan fingerprint density at radius 1 is 1.13 bits per heavy atom. The Labute approximate surface area is 261 Å². The second-order valence-electron chi connectivity index (χ2n) is 9.99. The fraction of sp³-hybridized carbons (Fsp3) is 0.476. The molecule has 47 heavy (non-hydrogen) atoms. The average Bonchev–Trinajstić information content (AvgIpc) is 3.62. The number of hydrogen-bond acceptors (Lipinski definition) is 18. The highest BCUT2D eigenvalue weighted by atomic mass is 31.3. The zero-order chi connectivity index (χ0) is 34.3. The number of primary amides is 1. The molecule has 0 radical (unpaired) electrons. The van der Waals surface area contributed by atoms with E-state index in [1.807, 2.05) is 0 Å². The minimum atomic E-state index is -5.68. The smallest absolute Gasteiger partial charge is 0.478 e. The molecule has 24 nitrogen and oxygen atoms in total. The summed E-state index contributed by atoms with van der Waals surface area (Å²) in [5.41, 5.74) is 19.9. The fourth-order valence-electron chi connectivity index (χ4n) is 4.76. The van der Waals surface area contributed by atoms with Gasteiger partial charge in [-0.2, -0.15) is 4.57 Å². The maximum atomic E-state index is 12.5. The Kier molecular flexibility index (Phi) is 9.89. The molecule has 5 rings (SSSR count). The lowest BCUT2D eigenvalue weighted by atomic mass is 10.1. The molecular formula is C21H26N10O14P2. The number of aromatic nitrogens is 5. The van der Waals surface area contributed by atoms with Crippen molar-refractivity contribution in [3.05, 3.63) is 46.9 Å². The van der Waals surface area contributed by atoms with E-state index in [1.54, 1.807) is 0 Å². The SMILES string of the molecule is [N-]=[N+]=Nc1nc2c(N)ncnc2n1[C@@H]1O[C@H](COP(=O)(O)OP(=O)([O-])OC[C@H]2O[C@@H]([n+]3cccc(C(N)=O)c3)[C@H](O)[C@@H]2O)[C@@H](O)[C@H]1O. The minimum Gasteiger partial charge on any atom is -0.756 e. The number of aliphatic hydroxyl groups is 4. The quantitative estimate of drug-likeness (QED) is 0.0331. The van der Waals surface area contributed by atoms with Gasteiger partial charge in [-0.25, -0.2) is 23.8 Å². The van der Waals surface area contributed by atoms with Gasteiger partial charge >= 0.3 is 7.82 Å². The van der Waals surface area contributed by atoms with Crippen molar-refractivity contribution in [3.63, 3.8) is 0 Å². The van der Waals surface area contributed by atoms with Crippen LogP contribution in [0.4, 0.5) is 11.8 Å². The highest BCUT2D eigenvalue weighted by Gasteiger charge is 2.49. The van der Waals surface area contributed by atoms with Gasteiger partial charge in [0.15, 0.2) is 41.7 Å². The largest absolute Gasteiger partial charge is 0.756 e. The predicted octanol–water partition coefficient (Wildman–Crippen LogP) is -2.71.